The van der Waals surface area contributed by atoms with Crippen molar-refractivity contribution in [1.29, 1.82) is 0 Å². The van der Waals surface area contributed by atoms with Crippen LogP contribution in [0, 0.1) is 0 Å². The van der Waals surface area contributed by atoms with E-state index in [1.165, 1.54) is 0 Å². The minimum absolute atomic E-state index is 0.165. The second-order valence-corrected chi connectivity index (χ2v) is 12.7. The molecule has 30 heteroatoms. The Morgan fingerprint density at radius 2 is 0.540 bits per heavy atom. The van der Waals surface area contributed by atoms with Gasteiger partial charge < -0.3 is 125 Å². The highest BCUT2D eigenvalue weighted by Gasteiger charge is 2.40. The average molecular weight is 928 g/mol. The number of aliphatic hydroxyl groups is 12. The number of hydrogen-bond acceptors (Lipinski definition) is 27. The molecule has 0 aliphatic carbocycles. The van der Waals surface area contributed by atoms with Crippen molar-refractivity contribution < 1.29 is 104 Å². The number of nitrogens with two attached hydrogens (primary N) is 3. The summed E-state index contributed by atoms with van der Waals surface area (Å²) < 4.78 is 12.5. The highest BCUT2D eigenvalue weighted by Crippen LogP contribution is 2.09. The van der Waals surface area contributed by atoms with Crippen molar-refractivity contribution in [2.75, 3.05) is 99.9 Å². The Morgan fingerprint density at radius 1 is 0.349 bits per heavy atom. The molecule has 0 aromatic heterocycles. The summed E-state index contributed by atoms with van der Waals surface area (Å²) in [6, 6.07) is 0. The lowest BCUT2D eigenvalue weighted by atomic mass is 10.0. The van der Waals surface area contributed by atoms with Gasteiger partial charge in [0, 0.05) is 78.5 Å². The summed E-state index contributed by atoms with van der Waals surface area (Å²) in [5.41, 5.74) is 15.7. The van der Waals surface area contributed by atoms with Gasteiger partial charge in [-0.3, -0.25) is 14.4 Å². The van der Waals surface area contributed by atoms with Crippen LogP contribution in [0.5, 0.6) is 0 Å². The summed E-state index contributed by atoms with van der Waals surface area (Å²) in [5, 5.41) is 129. The van der Waals surface area contributed by atoms with Gasteiger partial charge in [-0.15, -0.1) is 0 Å². The number of ether oxygens (including phenoxy) is 3. The Kier molecular flexibility index (Phi) is 37.7. The molecule has 24 N–H and O–H groups in total. The predicted octanol–water partition coefficient (Wildman–Crippen LogP) is -14.2. The fourth-order valence-electron chi connectivity index (χ4n) is 4.18. The normalized spacial score (nSPS) is 16.7. The van der Waals surface area contributed by atoms with Gasteiger partial charge >= 0.3 is 17.9 Å². The number of hydrogen-bond donors (Lipinski definition) is 21. The first kappa shape index (κ1) is 63.4. The van der Waals surface area contributed by atoms with E-state index in [0.29, 0.717) is 58.9 Å². The minimum Gasteiger partial charge on any atom is -0.467 e. The molecule has 0 saturated heterocycles. The second kappa shape index (κ2) is 37.5. The van der Waals surface area contributed by atoms with E-state index in [4.69, 9.17) is 17.2 Å². The first-order chi connectivity index (χ1) is 29.6. The maximum absolute atomic E-state index is 11.5. The Balaban J connectivity index is -0.000000857. The van der Waals surface area contributed by atoms with Gasteiger partial charge in [-0.2, -0.15) is 0 Å². The van der Waals surface area contributed by atoms with E-state index in [9.17, 15) is 90.0 Å². The van der Waals surface area contributed by atoms with Crippen molar-refractivity contribution in [3.63, 3.8) is 0 Å². The average Bonchev–Trinajstić information content (AvgIpc) is 3.29. The Labute approximate surface area is 362 Å². The van der Waals surface area contributed by atoms with Gasteiger partial charge in [-0.05, 0) is 0 Å². The zero-order valence-electron chi connectivity index (χ0n) is 35.2. The summed E-state index contributed by atoms with van der Waals surface area (Å²) in [6.45, 7) is 4.69. The molecule has 12 atom stereocenters. The molecule has 372 valence electrons. The number of aliphatic hydroxyl groups excluding tert-OH is 12. The molecule has 0 aliphatic rings. The van der Waals surface area contributed by atoms with Crippen LogP contribution in [0.2, 0.25) is 0 Å². The number of carbonyl (C=O) groups excluding carboxylic acids is 6. The number of esters is 3. The minimum atomic E-state index is -2.07. The van der Waals surface area contributed by atoms with Crippen LogP contribution in [0.25, 0.3) is 0 Å². The lowest BCUT2D eigenvalue weighted by molar-refractivity contribution is -0.169. The summed E-state index contributed by atoms with van der Waals surface area (Å²) in [7, 11) is 2.92. The van der Waals surface area contributed by atoms with Crippen molar-refractivity contribution in [1.82, 2.24) is 31.9 Å². The van der Waals surface area contributed by atoms with E-state index >= 15 is 0 Å². The van der Waals surface area contributed by atoms with Gasteiger partial charge in [0.1, 0.15) is 36.6 Å². The molecular formula is C33H69N9O21. The van der Waals surface area contributed by atoms with Crippen LogP contribution in [0.3, 0.4) is 0 Å². The zero-order valence-corrected chi connectivity index (χ0v) is 35.2. The monoisotopic (exact) mass is 927 g/mol. The molecule has 0 aromatic rings. The van der Waals surface area contributed by atoms with Gasteiger partial charge in [0.05, 0.1) is 21.3 Å². The third-order valence-corrected chi connectivity index (χ3v) is 7.89. The molecule has 0 saturated carbocycles. The van der Waals surface area contributed by atoms with E-state index in [0.717, 1.165) is 21.3 Å². The quantitative estimate of drug-likeness (QED) is 0.0181. The summed E-state index contributed by atoms with van der Waals surface area (Å²) in [5.74, 6) is -6.44. The van der Waals surface area contributed by atoms with Crippen molar-refractivity contribution >= 4 is 35.6 Å². The molecule has 3 amide bonds. The van der Waals surface area contributed by atoms with E-state index in [1.54, 1.807) is 0 Å². The van der Waals surface area contributed by atoms with Gasteiger partial charge in [0.15, 0.2) is 36.6 Å². The molecule has 0 heterocycles. The number of nitrogens with one attached hydrogen (secondary N) is 6. The lowest BCUT2D eigenvalue weighted by Gasteiger charge is -2.24. The SMILES string of the molecule is COC(=O)[C@H](O)[C@@H](O)[C@H](O)[C@H](O)C(=O)NCCNCCN.COC(=O)[C@H](O)[C@@H](O)[C@H](O)[C@H](O)C(=O)NCCNCCN.COC(=O)[C@H](O)[C@@H](O)[C@H](O)[C@H](O)C(=O)NCCNCCN. The molecule has 0 bridgehead atoms. The molecule has 30 nitrogen and oxygen atoms in total. The van der Waals surface area contributed by atoms with Gasteiger partial charge in [0.2, 0.25) is 0 Å². The van der Waals surface area contributed by atoms with Crippen molar-refractivity contribution in [3.8, 4) is 0 Å². The standard InChI is InChI=1S/3C11H23N3O7/c3*1-21-11(20)9(18)7(16)6(15)8(17)10(19)14-5-4-13-3-2-12/h3*6-9,13,15-18H,2-5,12H2,1H3,(H,14,19)/t3*6-,7-,8-,9+/m000/s1. The van der Waals surface area contributed by atoms with Crippen LogP contribution in [-0.4, -0.2) is 270 Å². The zero-order chi connectivity index (χ0) is 49.2. The van der Waals surface area contributed by atoms with Crippen molar-refractivity contribution in [2.24, 2.45) is 17.2 Å². The number of methoxy groups -OCH3 is 3. The first-order valence-electron chi connectivity index (χ1n) is 19.0. The van der Waals surface area contributed by atoms with Crippen molar-refractivity contribution in [3.05, 3.63) is 0 Å². The van der Waals surface area contributed by atoms with Crippen LogP contribution in [0.15, 0.2) is 0 Å². The van der Waals surface area contributed by atoms with Crippen LogP contribution in [0.1, 0.15) is 0 Å². The fraction of sp³-hybridized carbons (Fsp3) is 0.818. The largest absolute Gasteiger partial charge is 0.467 e. The first-order valence-corrected chi connectivity index (χ1v) is 19.0. The number of rotatable bonds is 30. The van der Waals surface area contributed by atoms with Gasteiger partial charge in [-0.25, -0.2) is 14.4 Å². The van der Waals surface area contributed by atoms with E-state index in [-0.39, 0.29) is 19.6 Å². The van der Waals surface area contributed by atoms with Gasteiger partial charge in [-0.1, -0.05) is 0 Å². The van der Waals surface area contributed by atoms with Crippen LogP contribution in [0.4, 0.5) is 0 Å². The highest BCUT2D eigenvalue weighted by molar-refractivity contribution is 5.83. The molecule has 0 spiro atoms. The van der Waals surface area contributed by atoms with E-state index in [1.807, 2.05) is 0 Å². The summed E-state index contributed by atoms with van der Waals surface area (Å²) in [6.07, 6.45) is -24.5. The predicted molar refractivity (Wildman–Crippen MR) is 213 cm³/mol. The number of amides is 3. The highest BCUT2D eigenvalue weighted by atomic mass is 16.6. The van der Waals surface area contributed by atoms with E-state index in [2.05, 4.69) is 46.1 Å². The molecule has 0 radical (unpaired) electrons. The van der Waals surface area contributed by atoms with E-state index < -0.39 is 109 Å². The lowest BCUT2D eigenvalue weighted by Crippen LogP contribution is -2.53. The molecule has 63 heavy (non-hydrogen) atoms. The Bertz CT molecular complexity index is 1130. The fourth-order valence-corrected chi connectivity index (χ4v) is 4.18. The topological polar surface area (TPSA) is 523 Å². The van der Waals surface area contributed by atoms with Gasteiger partial charge in [0.25, 0.3) is 17.7 Å². The molecule has 0 rings (SSSR count). The Hall–Kier alpha value is -3.90. The number of carbonyl (C=O) groups is 6. The molecule has 0 aromatic carbocycles. The molecule has 0 unspecified atom stereocenters. The molecule has 0 aliphatic heterocycles. The van der Waals surface area contributed by atoms with Crippen LogP contribution >= 0.6 is 0 Å². The van der Waals surface area contributed by atoms with Crippen LogP contribution < -0.4 is 49.1 Å². The smallest absolute Gasteiger partial charge is 0.337 e. The third-order valence-electron chi connectivity index (χ3n) is 7.89. The second-order valence-electron chi connectivity index (χ2n) is 12.7. The third kappa shape index (κ3) is 26.5. The maximum atomic E-state index is 11.5. The Morgan fingerprint density at radius 3 is 0.714 bits per heavy atom. The van der Waals surface area contributed by atoms with Crippen molar-refractivity contribution in [2.45, 2.75) is 73.2 Å². The summed E-state index contributed by atoms with van der Waals surface area (Å²) >= 11 is 0. The molecular weight excluding hydrogens is 858 g/mol. The summed E-state index contributed by atoms with van der Waals surface area (Å²) in [4.78, 5) is 67.4. The maximum Gasteiger partial charge on any atom is 0.337 e. The van der Waals surface area contributed by atoms with Crippen LogP contribution in [-0.2, 0) is 43.0 Å². The molecule has 0 fully saturated rings.